The largest absolute Gasteiger partial charge is 0.478 e. The summed E-state index contributed by atoms with van der Waals surface area (Å²) in [6, 6.07) is 5.52. The molecule has 126 valence electrons. The molecule has 2 aromatic heterocycles. The van der Waals surface area contributed by atoms with E-state index in [1.165, 1.54) is 23.9 Å². The van der Waals surface area contributed by atoms with Crippen LogP contribution in [0.4, 0.5) is 0 Å². The van der Waals surface area contributed by atoms with Gasteiger partial charge in [-0.25, -0.2) is 4.79 Å². The van der Waals surface area contributed by atoms with Crippen molar-refractivity contribution in [2.75, 3.05) is 0 Å². The summed E-state index contributed by atoms with van der Waals surface area (Å²) in [5.41, 5.74) is 0.584. The zero-order valence-corrected chi connectivity index (χ0v) is 14.3. The molecule has 1 N–H and O–H groups in total. The molecule has 0 fully saturated rings. The van der Waals surface area contributed by atoms with Gasteiger partial charge < -0.3 is 5.11 Å². The van der Waals surface area contributed by atoms with E-state index in [1.54, 1.807) is 12.1 Å². The zero-order valence-electron chi connectivity index (χ0n) is 12.8. The van der Waals surface area contributed by atoms with Crippen molar-refractivity contribution < 1.29 is 19.5 Å². The molecule has 0 radical (unpaired) electrons. The number of hydrogen-bond donors (Lipinski definition) is 1. The molecule has 0 aliphatic carbocycles. The van der Waals surface area contributed by atoms with Gasteiger partial charge in [-0.15, -0.1) is 0 Å². The molecule has 8 heteroatoms. The van der Waals surface area contributed by atoms with Crippen molar-refractivity contribution in [2.45, 2.75) is 6.92 Å². The molecule has 0 unspecified atom stereocenters. The average molecular weight is 377 g/mol. The summed E-state index contributed by atoms with van der Waals surface area (Å²) < 4.78 is 1.29. The van der Waals surface area contributed by atoms with Crippen LogP contribution < -0.4 is 0 Å². The van der Waals surface area contributed by atoms with Crippen molar-refractivity contribution in [3.63, 3.8) is 0 Å². The lowest BCUT2D eigenvalue weighted by Gasteiger charge is -2.09. The highest BCUT2D eigenvalue weighted by Crippen LogP contribution is 2.29. The lowest BCUT2D eigenvalue weighted by Crippen LogP contribution is -2.13. The molecule has 0 saturated heterocycles. The number of benzene rings is 1. The van der Waals surface area contributed by atoms with E-state index >= 15 is 0 Å². The highest BCUT2D eigenvalue weighted by atomic mass is 35.5. The molecule has 0 aliphatic rings. The molecule has 25 heavy (non-hydrogen) atoms. The molecule has 0 bridgehead atoms. The van der Waals surface area contributed by atoms with Gasteiger partial charge in [-0.05, 0) is 24.3 Å². The average Bonchev–Trinajstić information content (AvgIpc) is 2.97. The minimum absolute atomic E-state index is 0.0213. The SMILES string of the molecule is CC(=O)c1nccc2c1ccn2C(=O)c1c(Cl)cc(C(=O)O)cc1Cl. The first-order valence-corrected chi connectivity index (χ1v) is 7.81. The fourth-order valence-electron chi connectivity index (χ4n) is 2.55. The highest BCUT2D eigenvalue weighted by Gasteiger charge is 2.21. The number of nitrogens with zero attached hydrogens (tertiary/aromatic N) is 2. The topological polar surface area (TPSA) is 89.3 Å². The van der Waals surface area contributed by atoms with Crippen molar-refractivity contribution >= 4 is 51.8 Å². The second-order valence-corrected chi connectivity index (χ2v) is 6.07. The smallest absolute Gasteiger partial charge is 0.335 e. The van der Waals surface area contributed by atoms with E-state index in [1.807, 2.05) is 0 Å². The van der Waals surface area contributed by atoms with Crippen molar-refractivity contribution in [3.8, 4) is 0 Å². The van der Waals surface area contributed by atoms with E-state index in [2.05, 4.69) is 4.98 Å². The number of hydrogen-bond acceptors (Lipinski definition) is 4. The minimum Gasteiger partial charge on any atom is -0.478 e. The number of Topliss-reactive ketones (excluding diaryl/α,β-unsaturated/α-hetero) is 1. The van der Waals surface area contributed by atoms with E-state index in [-0.39, 0.29) is 32.6 Å². The van der Waals surface area contributed by atoms with Crippen molar-refractivity contribution in [2.24, 2.45) is 0 Å². The first-order valence-electron chi connectivity index (χ1n) is 7.05. The van der Waals surface area contributed by atoms with Crippen LogP contribution in [-0.4, -0.2) is 32.3 Å². The second kappa shape index (κ2) is 6.31. The maximum atomic E-state index is 12.9. The Morgan fingerprint density at radius 1 is 1.12 bits per heavy atom. The number of fused-ring (bicyclic) bond motifs is 1. The Balaban J connectivity index is 2.17. The number of pyridine rings is 1. The van der Waals surface area contributed by atoms with Gasteiger partial charge >= 0.3 is 5.97 Å². The summed E-state index contributed by atoms with van der Waals surface area (Å²) in [5.74, 6) is -1.97. The van der Waals surface area contributed by atoms with Gasteiger partial charge in [-0.2, -0.15) is 0 Å². The molecule has 3 rings (SSSR count). The number of carboxylic acids is 1. The van der Waals surface area contributed by atoms with Gasteiger partial charge in [0.15, 0.2) is 5.78 Å². The summed E-state index contributed by atoms with van der Waals surface area (Å²) in [5, 5.41) is 9.41. The maximum absolute atomic E-state index is 12.9. The Hall–Kier alpha value is -2.70. The highest BCUT2D eigenvalue weighted by molar-refractivity contribution is 6.40. The third kappa shape index (κ3) is 2.90. The molecular formula is C17H10Cl2N2O4. The van der Waals surface area contributed by atoms with E-state index in [0.717, 1.165) is 12.1 Å². The maximum Gasteiger partial charge on any atom is 0.335 e. The number of ketones is 1. The quantitative estimate of drug-likeness (QED) is 0.699. The first-order chi connectivity index (χ1) is 11.8. The fraction of sp³-hybridized carbons (Fsp3) is 0.0588. The third-order valence-corrected chi connectivity index (χ3v) is 4.27. The van der Waals surface area contributed by atoms with Crippen LogP contribution in [0.15, 0.2) is 36.7 Å². The first kappa shape index (κ1) is 17.1. The molecule has 0 atom stereocenters. The van der Waals surface area contributed by atoms with E-state index in [9.17, 15) is 14.4 Å². The van der Waals surface area contributed by atoms with Crippen LogP contribution in [0.3, 0.4) is 0 Å². The predicted molar refractivity (Wildman–Crippen MR) is 92.9 cm³/mol. The summed E-state index contributed by atoms with van der Waals surface area (Å²) >= 11 is 12.2. The second-order valence-electron chi connectivity index (χ2n) is 5.26. The van der Waals surface area contributed by atoms with Crippen LogP contribution in [0, 0.1) is 0 Å². The Bertz CT molecular complexity index is 1030. The Labute approximate surface area is 151 Å². The number of aromatic nitrogens is 2. The molecule has 0 amide bonds. The number of carboxylic acid groups (broad SMARTS) is 1. The molecule has 1 aromatic carbocycles. The van der Waals surface area contributed by atoms with E-state index < -0.39 is 11.9 Å². The van der Waals surface area contributed by atoms with Gasteiger partial charge in [0.05, 0.1) is 26.7 Å². The van der Waals surface area contributed by atoms with Crippen LogP contribution in [0.25, 0.3) is 10.9 Å². The van der Waals surface area contributed by atoms with Gasteiger partial charge in [-0.3, -0.25) is 19.1 Å². The molecule has 2 heterocycles. The van der Waals surface area contributed by atoms with E-state index in [0.29, 0.717) is 10.9 Å². The van der Waals surface area contributed by atoms with Crippen LogP contribution in [0.5, 0.6) is 0 Å². The van der Waals surface area contributed by atoms with Gasteiger partial charge in [0, 0.05) is 24.7 Å². The molecule has 0 saturated carbocycles. The number of aromatic carboxylic acids is 1. The van der Waals surface area contributed by atoms with E-state index in [4.69, 9.17) is 28.3 Å². The number of halogens is 2. The number of carbonyl (C=O) groups excluding carboxylic acids is 2. The van der Waals surface area contributed by atoms with Gasteiger partial charge in [0.1, 0.15) is 5.69 Å². The summed E-state index contributed by atoms with van der Waals surface area (Å²) in [4.78, 5) is 39.6. The third-order valence-electron chi connectivity index (χ3n) is 3.67. The fourth-order valence-corrected chi connectivity index (χ4v) is 3.19. The predicted octanol–water partition coefficient (Wildman–Crippen LogP) is 3.93. The summed E-state index contributed by atoms with van der Waals surface area (Å²) in [6.07, 6.45) is 2.92. The van der Waals surface area contributed by atoms with Crippen LogP contribution in [-0.2, 0) is 0 Å². The van der Waals surface area contributed by atoms with Crippen molar-refractivity contribution in [3.05, 3.63) is 63.5 Å². The Kier molecular flexibility index (Phi) is 4.32. The lowest BCUT2D eigenvalue weighted by atomic mass is 10.1. The monoisotopic (exact) mass is 376 g/mol. The normalized spacial score (nSPS) is 10.8. The summed E-state index contributed by atoms with van der Waals surface area (Å²) in [6.45, 7) is 1.39. The number of rotatable bonds is 3. The van der Waals surface area contributed by atoms with Gasteiger partial charge in [0.2, 0.25) is 0 Å². The summed E-state index contributed by atoms with van der Waals surface area (Å²) in [7, 11) is 0. The Morgan fingerprint density at radius 2 is 1.76 bits per heavy atom. The standard InChI is InChI=1S/C17H10Cl2N2O4/c1-8(22)15-10-3-5-21(13(10)2-4-20-15)16(23)14-11(18)6-9(17(24)25)7-12(14)19/h2-7H,1H3,(H,24,25). The Morgan fingerprint density at radius 3 is 2.32 bits per heavy atom. The molecular weight excluding hydrogens is 367 g/mol. The van der Waals surface area contributed by atoms with Gasteiger partial charge in [0.25, 0.3) is 5.91 Å². The van der Waals surface area contributed by atoms with Crippen LogP contribution >= 0.6 is 23.2 Å². The number of carbonyl (C=O) groups is 3. The zero-order chi connectivity index (χ0) is 18.3. The molecule has 0 aliphatic heterocycles. The minimum atomic E-state index is -1.20. The van der Waals surface area contributed by atoms with Gasteiger partial charge in [-0.1, -0.05) is 23.2 Å². The van der Waals surface area contributed by atoms with Crippen molar-refractivity contribution in [1.29, 1.82) is 0 Å². The molecule has 6 nitrogen and oxygen atoms in total. The van der Waals surface area contributed by atoms with Crippen molar-refractivity contribution in [1.82, 2.24) is 9.55 Å². The van der Waals surface area contributed by atoms with Crippen LogP contribution in [0.1, 0.15) is 38.1 Å². The molecule has 3 aromatic rings. The molecule has 0 spiro atoms. The van der Waals surface area contributed by atoms with Crippen LogP contribution in [0.2, 0.25) is 10.0 Å². The lowest BCUT2D eigenvalue weighted by molar-refractivity contribution is 0.0696.